The summed E-state index contributed by atoms with van der Waals surface area (Å²) in [6, 6.07) is 7.87. The van der Waals surface area contributed by atoms with Crippen molar-refractivity contribution in [2.24, 2.45) is 0 Å². The number of anilines is 1. The number of halogens is 3. The lowest BCUT2D eigenvalue weighted by atomic mass is 10.2. The highest BCUT2D eigenvalue weighted by Gasteiger charge is 2.33. The van der Waals surface area contributed by atoms with Gasteiger partial charge in [-0.2, -0.15) is 28.0 Å². The first-order valence-corrected chi connectivity index (χ1v) is 8.38. The molecule has 150 valence electrons. The summed E-state index contributed by atoms with van der Waals surface area (Å²) in [5.41, 5.74) is -1.70. The first-order chi connectivity index (χ1) is 14.3. The number of amides is 1. The molecule has 0 aliphatic carbocycles. The Morgan fingerprint density at radius 3 is 2.67 bits per heavy atom. The lowest BCUT2D eigenvalue weighted by Crippen LogP contribution is -2.30. The molecule has 4 aromatic rings. The number of hydrogen-bond donors (Lipinski definition) is 1. The number of rotatable bonds is 3. The predicted octanol–water partition coefficient (Wildman–Crippen LogP) is 1.97. The van der Waals surface area contributed by atoms with Crippen LogP contribution in [0.1, 0.15) is 11.3 Å². The van der Waals surface area contributed by atoms with Crippen LogP contribution in [0.15, 0.2) is 47.5 Å². The fourth-order valence-electron chi connectivity index (χ4n) is 2.86. The molecular weight excluding hydrogens is 403 g/mol. The van der Waals surface area contributed by atoms with Gasteiger partial charge in [0, 0.05) is 12.3 Å². The van der Waals surface area contributed by atoms with Crippen molar-refractivity contribution in [3.8, 4) is 6.07 Å². The highest BCUT2D eigenvalue weighted by Crippen LogP contribution is 2.28. The van der Waals surface area contributed by atoms with Crippen LogP contribution < -0.4 is 10.9 Å². The summed E-state index contributed by atoms with van der Waals surface area (Å²) in [7, 11) is 0. The van der Waals surface area contributed by atoms with Crippen LogP contribution in [-0.4, -0.2) is 30.1 Å². The smallest absolute Gasteiger partial charge is 0.309 e. The number of hydrogen-bond acceptors (Lipinski definition) is 6. The van der Waals surface area contributed by atoms with E-state index in [-0.39, 0.29) is 22.5 Å². The summed E-state index contributed by atoms with van der Waals surface area (Å²) >= 11 is 0. The second kappa shape index (κ2) is 6.96. The number of carbonyl (C=O) groups excluding carboxylic acids is 1. The lowest BCUT2D eigenvalue weighted by Gasteiger charge is -2.12. The molecule has 0 spiro atoms. The van der Waals surface area contributed by atoms with E-state index in [1.54, 1.807) is 0 Å². The van der Waals surface area contributed by atoms with E-state index >= 15 is 0 Å². The van der Waals surface area contributed by atoms with Gasteiger partial charge in [-0.25, -0.2) is 9.97 Å². The minimum absolute atomic E-state index is 0.0993. The summed E-state index contributed by atoms with van der Waals surface area (Å²) in [6.45, 7) is -0.438. The maximum Gasteiger partial charge on any atom is 0.433 e. The van der Waals surface area contributed by atoms with Crippen molar-refractivity contribution in [2.45, 2.75) is 12.7 Å². The topological polar surface area (TPSA) is 118 Å². The predicted molar refractivity (Wildman–Crippen MR) is 97.3 cm³/mol. The van der Waals surface area contributed by atoms with E-state index in [9.17, 15) is 22.8 Å². The molecule has 0 aliphatic heterocycles. The van der Waals surface area contributed by atoms with Gasteiger partial charge in [-0.3, -0.25) is 14.2 Å². The highest BCUT2D eigenvalue weighted by molar-refractivity contribution is 5.90. The molecule has 9 nitrogen and oxygen atoms in total. The molecule has 0 bridgehead atoms. The average Bonchev–Trinajstić information content (AvgIpc) is 3.20. The molecular formula is C18H10F3N7O2. The molecule has 0 fully saturated rings. The fourth-order valence-corrected chi connectivity index (χ4v) is 2.86. The van der Waals surface area contributed by atoms with Crippen molar-refractivity contribution in [1.29, 1.82) is 5.26 Å². The summed E-state index contributed by atoms with van der Waals surface area (Å²) in [6.07, 6.45) is -2.12. The third kappa shape index (κ3) is 3.32. The van der Waals surface area contributed by atoms with Gasteiger partial charge in [-0.15, -0.1) is 0 Å². The fraction of sp³-hybridized carbons (Fsp3) is 0.111. The molecule has 0 radical (unpaired) electrons. The molecule has 4 rings (SSSR count). The van der Waals surface area contributed by atoms with E-state index in [1.807, 2.05) is 6.07 Å². The van der Waals surface area contributed by atoms with Gasteiger partial charge >= 0.3 is 6.18 Å². The van der Waals surface area contributed by atoms with Crippen molar-refractivity contribution in [2.75, 3.05) is 5.32 Å². The van der Waals surface area contributed by atoms with Gasteiger partial charge in [0.1, 0.15) is 29.8 Å². The van der Waals surface area contributed by atoms with Crippen LogP contribution in [0.2, 0.25) is 0 Å². The first-order valence-electron chi connectivity index (χ1n) is 8.38. The first kappa shape index (κ1) is 19.1. The Morgan fingerprint density at radius 2 is 2.00 bits per heavy atom. The number of nitriles is 1. The zero-order valence-electron chi connectivity index (χ0n) is 14.9. The second-order valence-electron chi connectivity index (χ2n) is 6.15. The van der Waals surface area contributed by atoms with E-state index in [2.05, 4.69) is 20.4 Å². The standard InChI is InChI=1S/C18H10F3N7O2/c19-18(20,21)12-3-2-11-16(25-12)28-15(5-6-24-28)27(17(11)30)9-14(29)26-13-4-1-10(7-22)8-23-13/h1-6,8H,9H2,(H,23,26,29). The third-order valence-corrected chi connectivity index (χ3v) is 4.20. The van der Waals surface area contributed by atoms with Gasteiger partial charge in [0.05, 0.1) is 17.1 Å². The van der Waals surface area contributed by atoms with E-state index in [0.717, 1.165) is 15.1 Å². The minimum atomic E-state index is -4.68. The summed E-state index contributed by atoms with van der Waals surface area (Å²) in [5.74, 6) is -0.425. The minimum Gasteiger partial charge on any atom is -0.309 e. The molecule has 1 amide bonds. The molecule has 0 saturated carbocycles. The molecule has 30 heavy (non-hydrogen) atoms. The zero-order chi connectivity index (χ0) is 21.5. The van der Waals surface area contributed by atoms with E-state index in [4.69, 9.17) is 5.26 Å². The molecule has 4 aromatic heterocycles. The Bertz CT molecular complexity index is 1380. The molecule has 0 saturated heterocycles. The SMILES string of the molecule is N#Cc1ccc(NC(=O)Cn2c(=O)c3ccc(C(F)(F)F)nc3n3nccc23)nc1. The Hall–Kier alpha value is -4.27. The Morgan fingerprint density at radius 1 is 1.20 bits per heavy atom. The van der Waals surface area contributed by atoms with Gasteiger partial charge in [0.25, 0.3) is 5.56 Å². The summed E-state index contributed by atoms with van der Waals surface area (Å²) in [4.78, 5) is 32.7. The van der Waals surface area contributed by atoms with Crippen molar-refractivity contribution < 1.29 is 18.0 Å². The monoisotopic (exact) mass is 413 g/mol. The normalized spacial score (nSPS) is 11.5. The summed E-state index contributed by atoms with van der Waals surface area (Å²) in [5, 5.41) is 15.1. The van der Waals surface area contributed by atoms with Crippen LogP contribution in [-0.2, 0) is 17.5 Å². The molecule has 1 N–H and O–H groups in total. The Labute approximate surface area is 165 Å². The van der Waals surface area contributed by atoms with Crippen molar-refractivity contribution >= 4 is 28.4 Å². The van der Waals surface area contributed by atoms with Crippen molar-refractivity contribution in [3.05, 3.63) is 64.3 Å². The number of pyridine rings is 2. The number of nitrogens with one attached hydrogen (secondary N) is 1. The van der Waals surface area contributed by atoms with Crippen molar-refractivity contribution in [1.82, 2.24) is 24.1 Å². The highest BCUT2D eigenvalue weighted by atomic mass is 19.4. The van der Waals surface area contributed by atoms with Gasteiger partial charge in [-0.05, 0) is 24.3 Å². The Kier molecular flexibility index (Phi) is 4.42. The van der Waals surface area contributed by atoms with Crippen LogP contribution in [0.3, 0.4) is 0 Å². The van der Waals surface area contributed by atoms with Gasteiger partial charge < -0.3 is 5.32 Å². The van der Waals surface area contributed by atoms with Crippen LogP contribution in [0, 0.1) is 11.3 Å². The van der Waals surface area contributed by atoms with Crippen LogP contribution >= 0.6 is 0 Å². The van der Waals surface area contributed by atoms with Crippen LogP contribution in [0.5, 0.6) is 0 Å². The van der Waals surface area contributed by atoms with E-state index in [1.165, 1.54) is 30.6 Å². The lowest BCUT2D eigenvalue weighted by molar-refractivity contribution is -0.141. The number of fused-ring (bicyclic) bond motifs is 3. The van der Waals surface area contributed by atoms with Crippen LogP contribution in [0.25, 0.3) is 16.7 Å². The Balaban J connectivity index is 1.74. The molecule has 0 aliphatic rings. The van der Waals surface area contributed by atoms with Crippen LogP contribution in [0.4, 0.5) is 19.0 Å². The largest absolute Gasteiger partial charge is 0.433 e. The molecule has 0 atom stereocenters. The summed E-state index contributed by atoms with van der Waals surface area (Å²) < 4.78 is 41.1. The van der Waals surface area contributed by atoms with Gasteiger partial charge in [-0.1, -0.05) is 0 Å². The quantitative estimate of drug-likeness (QED) is 0.549. The van der Waals surface area contributed by atoms with E-state index in [0.29, 0.717) is 11.6 Å². The average molecular weight is 413 g/mol. The molecule has 12 heteroatoms. The second-order valence-corrected chi connectivity index (χ2v) is 6.15. The van der Waals surface area contributed by atoms with Gasteiger partial charge in [0.15, 0.2) is 5.65 Å². The zero-order valence-corrected chi connectivity index (χ0v) is 14.9. The number of aromatic nitrogens is 5. The number of carbonyl (C=O) groups is 1. The number of alkyl halides is 3. The molecule has 0 unspecified atom stereocenters. The maximum absolute atomic E-state index is 13.0. The molecule has 0 aromatic carbocycles. The number of nitrogens with zero attached hydrogens (tertiary/aromatic N) is 6. The third-order valence-electron chi connectivity index (χ3n) is 4.20. The molecule has 4 heterocycles. The van der Waals surface area contributed by atoms with Crippen molar-refractivity contribution in [3.63, 3.8) is 0 Å². The van der Waals surface area contributed by atoms with Gasteiger partial charge in [0.2, 0.25) is 5.91 Å². The maximum atomic E-state index is 13.0. The van der Waals surface area contributed by atoms with E-state index < -0.39 is 29.9 Å².